The predicted molar refractivity (Wildman–Crippen MR) is 114 cm³/mol. The number of rotatable bonds is 11. The zero-order valence-electron chi connectivity index (χ0n) is 17.8. The predicted octanol–water partition coefficient (Wildman–Crippen LogP) is 2.59. The Morgan fingerprint density at radius 1 is 1.10 bits per heavy atom. The van der Waals surface area contributed by atoms with Gasteiger partial charge in [0.1, 0.15) is 6.54 Å². The number of hydrogen-bond acceptors (Lipinski definition) is 8. The van der Waals surface area contributed by atoms with E-state index in [9.17, 15) is 9.59 Å². The monoisotopic (exact) mass is 437 g/mol. The first-order valence-electron chi connectivity index (χ1n) is 9.23. The third kappa shape index (κ3) is 6.07. The van der Waals surface area contributed by atoms with Crippen LogP contribution in [0.3, 0.4) is 0 Å². The van der Waals surface area contributed by atoms with Gasteiger partial charge in [0.25, 0.3) is 5.91 Å². The molecule has 9 nitrogen and oxygen atoms in total. The molecule has 1 aromatic heterocycles. The van der Waals surface area contributed by atoms with E-state index in [4.69, 9.17) is 18.9 Å². The maximum atomic E-state index is 13.2. The Bertz CT molecular complexity index is 845. The Balaban J connectivity index is 2.24. The minimum atomic E-state index is -0.337. The fourth-order valence-corrected chi connectivity index (χ4v) is 3.49. The number of aromatic nitrogens is 1. The van der Waals surface area contributed by atoms with E-state index in [1.165, 1.54) is 37.6 Å². The van der Waals surface area contributed by atoms with E-state index >= 15 is 0 Å². The van der Waals surface area contributed by atoms with Crippen LogP contribution in [0.2, 0.25) is 0 Å². The molecule has 30 heavy (non-hydrogen) atoms. The summed E-state index contributed by atoms with van der Waals surface area (Å²) in [5.74, 6) is 0.442. The molecule has 1 heterocycles. The molecule has 0 radical (unpaired) electrons. The van der Waals surface area contributed by atoms with Gasteiger partial charge in [-0.25, -0.2) is 4.98 Å². The second kappa shape index (κ2) is 11.4. The normalized spacial score (nSPS) is 10.4. The fraction of sp³-hybridized carbons (Fsp3) is 0.450. The molecule has 0 saturated heterocycles. The van der Waals surface area contributed by atoms with Gasteiger partial charge in [-0.1, -0.05) is 0 Å². The Morgan fingerprint density at radius 3 is 2.27 bits per heavy atom. The third-order valence-corrected chi connectivity index (χ3v) is 5.05. The zero-order valence-corrected chi connectivity index (χ0v) is 18.6. The van der Waals surface area contributed by atoms with Crippen molar-refractivity contribution in [2.24, 2.45) is 0 Å². The van der Waals surface area contributed by atoms with Crippen LogP contribution in [-0.4, -0.2) is 69.8 Å². The summed E-state index contributed by atoms with van der Waals surface area (Å²) in [6.07, 6.45) is 0.580. The molecule has 2 amide bonds. The number of carbonyl (C=O) groups is 2. The van der Waals surface area contributed by atoms with Crippen molar-refractivity contribution in [1.82, 2.24) is 9.88 Å². The summed E-state index contributed by atoms with van der Waals surface area (Å²) in [7, 11) is 6.03. The molecule has 0 aliphatic heterocycles. The summed E-state index contributed by atoms with van der Waals surface area (Å²) in [6.45, 7) is 2.52. The molecule has 0 unspecified atom stereocenters. The number of thiazole rings is 1. The van der Waals surface area contributed by atoms with Crippen LogP contribution in [0.15, 0.2) is 17.5 Å². The molecule has 2 aromatic rings. The molecule has 164 valence electrons. The quantitative estimate of drug-likeness (QED) is 0.540. The van der Waals surface area contributed by atoms with Crippen molar-refractivity contribution >= 4 is 28.3 Å². The lowest BCUT2D eigenvalue weighted by atomic mass is 10.1. The Hall–Kier alpha value is -2.85. The third-order valence-electron chi connectivity index (χ3n) is 4.18. The molecule has 0 atom stereocenters. The molecule has 2 rings (SSSR count). The Kier molecular flexibility index (Phi) is 8.88. The SMILES string of the molecule is COCCCN(CC(=O)Nc1nc(C)cs1)C(=O)c1cc(OC)c(OC)c(OC)c1. The van der Waals surface area contributed by atoms with Gasteiger partial charge in [-0.05, 0) is 25.5 Å². The topological polar surface area (TPSA) is 99.2 Å². The van der Waals surface area contributed by atoms with Crippen LogP contribution >= 0.6 is 11.3 Å². The molecule has 0 saturated carbocycles. The summed E-state index contributed by atoms with van der Waals surface area (Å²) >= 11 is 1.33. The lowest BCUT2D eigenvalue weighted by molar-refractivity contribution is -0.116. The highest BCUT2D eigenvalue weighted by Crippen LogP contribution is 2.38. The van der Waals surface area contributed by atoms with Gasteiger partial charge in [0.15, 0.2) is 16.6 Å². The van der Waals surface area contributed by atoms with Crippen molar-refractivity contribution in [2.45, 2.75) is 13.3 Å². The molecular weight excluding hydrogens is 410 g/mol. The lowest BCUT2D eigenvalue weighted by Gasteiger charge is -2.23. The fourth-order valence-electron chi connectivity index (χ4n) is 2.78. The average Bonchev–Trinajstić information content (AvgIpc) is 3.15. The van der Waals surface area contributed by atoms with Crippen molar-refractivity contribution in [3.63, 3.8) is 0 Å². The number of benzene rings is 1. The molecule has 1 N–H and O–H groups in total. The molecule has 10 heteroatoms. The molecule has 0 aliphatic rings. The van der Waals surface area contributed by atoms with Crippen molar-refractivity contribution in [3.8, 4) is 17.2 Å². The molecular formula is C20H27N3O6S. The van der Waals surface area contributed by atoms with Gasteiger partial charge < -0.3 is 29.2 Å². The van der Waals surface area contributed by atoms with Crippen molar-refractivity contribution in [2.75, 3.05) is 53.5 Å². The summed E-state index contributed by atoms with van der Waals surface area (Å²) in [6, 6.07) is 3.13. The van der Waals surface area contributed by atoms with Crippen LogP contribution in [-0.2, 0) is 9.53 Å². The minimum Gasteiger partial charge on any atom is -0.493 e. The van der Waals surface area contributed by atoms with Crippen molar-refractivity contribution < 1.29 is 28.5 Å². The van der Waals surface area contributed by atoms with E-state index in [1.807, 2.05) is 12.3 Å². The van der Waals surface area contributed by atoms with E-state index < -0.39 is 0 Å². The molecule has 0 spiro atoms. The van der Waals surface area contributed by atoms with Gasteiger partial charge >= 0.3 is 0 Å². The number of aryl methyl sites for hydroxylation is 1. The number of nitrogens with zero attached hydrogens (tertiary/aromatic N) is 2. The lowest BCUT2D eigenvalue weighted by Crippen LogP contribution is -2.39. The molecule has 1 aromatic carbocycles. The second-order valence-corrected chi connectivity index (χ2v) is 7.19. The van der Waals surface area contributed by atoms with E-state index in [0.717, 1.165) is 5.69 Å². The average molecular weight is 438 g/mol. The standard InChI is InChI=1S/C20H27N3O6S/c1-13-12-30-20(21-13)22-17(24)11-23(7-6-8-26-2)19(25)14-9-15(27-3)18(29-5)16(10-14)28-4/h9-10,12H,6-8,11H2,1-5H3,(H,21,22,24). The number of amides is 2. The van der Waals surface area contributed by atoms with Crippen LogP contribution in [0.25, 0.3) is 0 Å². The van der Waals surface area contributed by atoms with Crippen LogP contribution in [0.4, 0.5) is 5.13 Å². The highest BCUT2D eigenvalue weighted by atomic mass is 32.1. The second-order valence-electron chi connectivity index (χ2n) is 6.33. The van der Waals surface area contributed by atoms with Gasteiger partial charge in [-0.3, -0.25) is 9.59 Å². The highest BCUT2D eigenvalue weighted by molar-refractivity contribution is 7.13. The van der Waals surface area contributed by atoms with Gasteiger partial charge in [-0.15, -0.1) is 11.3 Å². The molecule has 0 bridgehead atoms. The van der Waals surface area contributed by atoms with Gasteiger partial charge in [0.2, 0.25) is 11.7 Å². The summed E-state index contributed by atoms with van der Waals surface area (Å²) in [5.41, 5.74) is 1.14. The van der Waals surface area contributed by atoms with Gasteiger partial charge in [0.05, 0.1) is 27.0 Å². The maximum Gasteiger partial charge on any atom is 0.254 e. The minimum absolute atomic E-state index is 0.127. The first-order chi connectivity index (χ1) is 14.4. The maximum absolute atomic E-state index is 13.2. The first-order valence-corrected chi connectivity index (χ1v) is 10.1. The smallest absolute Gasteiger partial charge is 0.254 e. The van der Waals surface area contributed by atoms with E-state index in [-0.39, 0.29) is 18.4 Å². The molecule has 0 fully saturated rings. The van der Waals surface area contributed by atoms with Crippen LogP contribution < -0.4 is 19.5 Å². The first kappa shape index (κ1) is 23.4. The van der Waals surface area contributed by atoms with Gasteiger partial charge in [0, 0.05) is 31.2 Å². The largest absolute Gasteiger partial charge is 0.493 e. The summed E-state index contributed by atoms with van der Waals surface area (Å²) in [4.78, 5) is 31.4. The van der Waals surface area contributed by atoms with Crippen LogP contribution in [0.1, 0.15) is 22.5 Å². The van der Waals surface area contributed by atoms with Crippen LogP contribution in [0.5, 0.6) is 17.2 Å². The number of nitrogens with one attached hydrogen (secondary N) is 1. The van der Waals surface area contributed by atoms with Gasteiger partial charge in [-0.2, -0.15) is 0 Å². The van der Waals surface area contributed by atoms with Crippen molar-refractivity contribution in [1.29, 1.82) is 0 Å². The van der Waals surface area contributed by atoms with E-state index in [1.54, 1.807) is 19.2 Å². The van der Waals surface area contributed by atoms with Crippen molar-refractivity contribution in [3.05, 3.63) is 28.8 Å². The number of ether oxygens (including phenoxy) is 4. The summed E-state index contributed by atoms with van der Waals surface area (Å²) < 4.78 is 21.0. The van der Waals surface area contributed by atoms with E-state index in [0.29, 0.717) is 47.5 Å². The molecule has 0 aliphatic carbocycles. The number of methoxy groups -OCH3 is 4. The van der Waals surface area contributed by atoms with E-state index in [2.05, 4.69) is 10.3 Å². The number of anilines is 1. The Labute approximate surface area is 179 Å². The summed E-state index contributed by atoms with van der Waals surface area (Å²) in [5, 5.41) is 5.06. The number of hydrogen-bond donors (Lipinski definition) is 1. The van der Waals surface area contributed by atoms with Crippen LogP contribution in [0, 0.1) is 6.92 Å². The number of carbonyl (C=O) groups excluding carboxylic acids is 2. The Morgan fingerprint density at radius 2 is 1.77 bits per heavy atom. The zero-order chi connectivity index (χ0) is 22.1. The highest BCUT2D eigenvalue weighted by Gasteiger charge is 2.23.